The maximum absolute atomic E-state index is 11.8. The Hall–Kier alpha value is -0.320. The molecule has 0 aliphatic carbocycles. The van der Waals surface area contributed by atoms with Crippen LogP contribution in [0.25, 0.3) is 0 Å². The maximum atomic E-state index is 11.8. The Balaban J connectivity index is 0.00000144. The molecular weight excluding hydrogens is 240 g/mol. The van der Waals surface area contributed by atoms with Crippen molar-refractivity contribution in [3.8, 4) is 0 Å². The van der Waals surface area contributed by atoms with Gasteiger partial charge in [-0.15, -0.1) is 12.4 Å². The highest BCUT2D eigenvalue weighted by atomic mass is 35.5. The standard InChI is InChI=1S/C12H22N2O2.ClH/c15-12(11-3-1-2-6-13-11)14-9-10-4-7-16-8-5-10;/h10-11,13H,1-9H2,(H,14,15);1H/t11-;/m1./s1. The molecule has 2 aliphatic heterocycles. The fraction of sp³-hybridized carbons (Fsp3) is 0.917. The SMILES string of the molecule is Cl.O=C(NCC1CCOCC1)[C@H]1CCCCN1. The Morgan fingerprint density at radius 3 is 2.65 bits per heavy atom. The first-order valence-electron chi connectivity index (χ1n) is 6.45. The molecule has 0 saturated carbocycles. The van der Waals surface area contributed by atoms with Crippen molar-refractivity contribution in [1.82, 2.24) is 10.6 Å². The van der Waals surface area contributed by atoms with E-state index in [0.29, 0.717) is 5.92 Å². The van der Waals surface area contributed by atoms with Gasteiger partial charge in [-0.25, -0.2) is 0 Å². The van der Waals surface area contributed by atoms with Crippen LogP contribution < -0.4 is 10.6 Å². The molecule has 0 aromatic heterocycles. The lowest BCUT2D eigenvalue weighted by molar-refractivity contribution is -0.124. The van der Waals surface area contributed by atoms with Crippen molar-refractivity contribution in [2.45, 2.75) is 38.1 Å². The van der Waals surface area contributed by atoms with E-state index >= 15 is 0 Å². The zero-order valence-corrected chi connectivity index (χ0v) is 11.1. The van der Waals surface area contributed by atoms with Crippen LogP contribution >= 0.6 is 12.4 Å². The first-order valence-corrected chi connectivity index (χ1v) is 6.45. The molecule has 0 aromatic carbocycles. The average molecular weight is 263 g/mol. The number of nitrogens with one attached hydrogen (secondary N) is 2. The summed E-state index contributed by atoms with van der Waals surface area (Å²) in [5.41, 5.74) is 0. The molecule has 0 unspecified atom stereocenters. The summed E-state index contributed by atoms with van der Waals surface area (Å²) in [7, 11) is 0. The molecule has 0 aromatic rings. The van der Waals surface area contributed by atoms with Crippen molar-refractivity contribution in [2.24, 2.45) is 5.92 Å². The van der Waals surface area contributed by atoms with Crippen molar-refractivity contribution in [1.29, 1.82) is 0 Å². The highest BCUT2D eigenvalue weighted by Crippen LogP contribution is 2.13. The predicted octanol–water partition coefficient (Wildman–Crippen LogP) is 1.09. The Morgan fingerprint density at radius 2 is 2.00 bits per heavy atom. The second-order valence-electron chi connectivity index (χ2n) is 4.80. The molecule has 5 heteroatoms. The molecule has 0 radical (unpaired) electrons. The van der Waals surface area contributed by atoms with Crippen LogP contribution in [0.1, 0.15) is 32.1 Å². The quantitative estimate of drug-likeness (QED) is 0.801. The van der Waals surface area contributed by atoms with Crippen molar-refractivity contribution < 1.29 is 9.53 Å². The van der Waals surface area contributed by atoms with Gasteiger partial charge in [-0.2, -0.15) is 0 Å². The number of ether oxygens (including phenoxy) is 1. The van der Waals surface area contributed by atoms with Gasteiger partial charge in [0.1, 0.15) is 0 Å². The van der Waals surface area contributed by atoms with E-state index in [2.05, 4.69) is 10.6 Å². The molecular formula is C12H23ClN2O2. The average Bonchev–Trinajstić information content (AvgIpc) is 2.38. The maximum Gasteiger partial charge on any atom is 0.237 e. The zero-order valence-electron chi connectivity index (χ0n) is 10.2. The molecule has 2 aliphatic rings. The number of halogens is 1. The fourth-order valence-corrected chi connectivity index (χ4v) is 2.39. The molecule has 0 spiro atoms. The zero-order chi connectivity index (χ0) is 11.2. The predicted molar refractivity (Wildman–Crippen MR) is 69.4 cm³/mol. The van der Waals surface area contributed by atoms with E-state index < -0.39 is 0 Å². The van der Waals surface area contributed by atoms with Gasteiger partial charge < -0.3 is 15.4 Å². The lowest BCUT2D eigenvalue weighted by Gasteiger charge is -2.25. The summed E-state index contributed by atoms with van der Waals surface area (Å²) in [6, 6.07) is 0.0496. The third kappa shape index (κ3) is 4.82. The Morgan fingerprint density at radius 1 is 1.24 bits per heavy atom. The molecule has 4 nitrogen and oxygen atoms in total. The van der Waals surface area contributed by atoms with Crippen LogP contribution in [0.4, 0.5) is 0 Å². The lowest BCUT2D eigenvalue weighted by Crippen LogP contribution is -2.47. The highest BCUT2D eigenvalue weighted by Gasteiger charge is 2.21. The van der Waals surface area contributed by atoms with Gasteiger partial charge in [-0.1, -0.05) is 6.42 Å². The van der Waals surface area contributed by atoms with Gasteiger partial charge in [0.2, 0.25) is 5.91 Å². The minimum atomic E-state index is 0. The van der Waals surface area contributed by atoms with Gasteiger partial charge in [0.15, 0.2) is 0 Å². The minimum Gasteiger partial charge on any atom is -0.381 e. The van der Waals surface area contributed by atoms with Gasteiger partial charge in [0.05, 0.1) is 6.04 Å². The van der Waals surface area contributed by atoms with Crippen molar-refractivity contribution in [2.75, 3.05) is 26.3 Å². The second-order valence-corrected chi connectivity index (χ2v) is 4.80. The van der Waals surface area contributed by atoms with Gasteiger partial charge in [0, 0.05) is 19.8 Å². The summed E-state index contributed by atoms with van der Waals surface area (Å²) >= 11 is 0. The Kier molecular flexibility index (Phi) is 6.85. The summed E-state index contributed by atoms with van der Waals surface area (Å²) in [6.45, 7) is 3.50. The molecule has 100 valence electrons. The van der Waals surface area contributed by atoms with E-state index in [4.69, 9.17) is 4.74 Å². The molecule has 2 rings (SSSR count). The second kappa shape index (κ2) is 7.90. The topological polar surface area (TPSA) is 50.4 Å². The number of amides is 1. The minimum absolute atomic E-state index is 0. The van der Waals surface area contributed by atoms with E-state index in [1.165, 1.54) is 12.8 Å². The third-order valence-electron chi connectivity index (χ3n) is 3.53. The molecule has 1 atom stereocenters. The first kappa shape index (κ1) is 14.7. The number of piperidine rings is 1. The number of carbonyl (C=O) groups excluding carboxylic acids is 1. The van der Waals surface area contributed by atoms with E-state index in [0.717, 1.165) is 45.6 Å². The summed E-state index contributed by atoms with van der Waals surface area (Å²) in [4.78, 5) is 11.8. The van der Waals surface area contributed by atoms with Gasteiger partial charge in [-0.3, -0.25) is 4.79 Å². The van der Waals surface area contributed by atoms with Crippen LogP contribution in [0.2, 0.25) is 0 Å². The number of rotatable bonds is 3. The van der Waals surface area contributed by atoms with Gasteiger partial charge in [0.25, 0.3) is 0 Å². The summed E-state index contributed by atoms with van der Waals surface area (Å²) in [6.07, 6.45) is 5.52. The number of carbonyl (C=O) groups is 1. The Bertz CT molecular complexity index is 227. The van der Waals surface area contributed by atoms with Crippen LogP contribution in [0.5, 0.6) is 0 Å². The van der Waals surface area contributed by atoms with Crippen molar-refractivity contribution >= 4 is 18.3 Å². The lowest BCUT2D eigenvalue weighted by atomic mass is 9.99. The molecule has 2 heterocycles. The monoisotopic (exact) mass is 262 g/mol. The smallest absolute Gasteiger partial charge is 0.237 e. The summed E-state index contributed by atoms with van der Waals surface area (Å²) < 4.78 is 5.30. The summed E-state index contributed by atoms with van der Waals surface area (Å²) in [5.74, 6) is 0.799. The molecule has 0 bridgehead atoms. The molecule has 2 saturated heterocycles. The normalized spacial score (nSPS) is 26.0. The van der Waals surface area contributed by atoms with Crippen LogP contribution in [0, 0.1) is 5.92 Å². The van der Waals surface area contributed by atoms with Crippen LogP contribution in [-0.2, 0) is 9.53 Å². The highest BCUT2D eigenvalue weighted by molar-refractivity contribution is 5.85. The van der Waals surface area contributed by atoms with E-state index in [9.17, 15) is 4.79 Å². The van der Waals surface area contributed by atoms with Gasteiger partial charge >= 0.3 is 0 Å². The first-order chi connectivity index (χ1) is 7.86. The Labute approximate surface area is 109 Å². The van der Waals surface area contributed by atoms with Crippen LogP contribution in [-0.4, -0.2) is 38.3 Å². The number of hydrogen-bond donors (Lipinski definition) is 2. The van der Waals surface area contributed by atoms with E-state index in [1.54, 1.807) is 0 Å². The van der Waals surface area contributed by atoms with Crippen molar-refractivity contribution in [3.05, 3.63) is 0 Å². The molecule has 1 amide bonds. The van der Waals surface area contributed by atoms with Crippen LogP contribution in [0.3, 0.4) is 0 Å². The molecule has 17 heavy (non-hydrogen) atoms. The molecule has 2 fully saturated rings. The molecule has 2 N–H and O–H groups in total. The summed E-state index contributed by atoms with van der Waals surface area (Å²) in [5, 5.41) is 6.33. The van der Waals surface area contributed by atoms with Crippen LogP contribution in [0.15, 0.2) is 0 Å². The van der Waals surface area contributed by atoms with E-state index in [-0.39, 0.29) is 24.4 Å². The van der Waals surface area contributed by atoms with E-state index in [1.807, 2.05) is 0 Å². The third-order valence-corrected chi connectivity index (χ3v) is 3.53. The van der Waals surface area contributed by atoms with Gasteiger partial charge in [-0.05, 0) is 38.1 Å². The fourth-order valence-electron chi connectivity index (χ4n) is 2.39. The largest absolute Gasteiger partial charge is 0.381 e. The number of hydrogen-bond acceptors (Lipinski definition) is 3. The van der Waals surface area contributed by atoms with Crippen molar-refractivity contribution in [3.63, 3.8) is 0 Å².